The van der Waals surface area contributed by atoms with Crippen LogP contribution < -0.4 is 10.1 Å². The lowest BCUT2D eigenvalue weighted by molar-refractivity contribution is 0.287. The summed E-state index contributed by atoms with van der Waals surface area (Å²) >= 11 is 0. The van der Waals surface area contributed by atoms with E-state index in [1.165, 1.54) is 5.56 Å². The fraction of sp³-hybridized carbons (Fsp3) is 0.467. The molecular weight excluding hydrogens is 252 g/mol. The number of aromatic nitrogens is 3. The lowest BCUT2D eigenvalue weighted by Gasteiger charge is -2.14. The van der Waals surface area contributed by atoms with Gasteiger partial charge in [0.15, 0.2) is 5.82 Å². The second-order valence-electron chi connectivity index (χ2n) is 4.63. The van der Waals surface area contributed by atoms with Crippen LogP contribution in [0.15, 0.2) is 30.6 Å². The van der Waals surface area contributed by atoms with Crippen LogP contribution in [0.1, 0.15) is 38.2 Å². The van der Waals surface area contributed by atoms with Crippen molar-refractivity contribution in [2.24, 2.45) is 0 Å². The quantitative estimate of drug-likeness (QED) is 0.843. The molecule has 0 fully saturated rings. The molecule has 0 saturated carbocycles. The zero-order valence-electron chi connectivity index (χ0n) is 12.3. The van der Waals surface area contributed by atoms with E-state index < -0.39 is 0 Å². The molecule has 0 aliphatic carbocycles. The topological polar surface area (TPSA) is 52.0 Å². The van der Waals surface area contributed by atoms with E-state index in [1.54, 1.807) is 6.33 Å². The van der Waals surface area contributed by atoms with Crippen LogP contribution in [0.4, 0.5) is 0 Å². The standard InChI is InChI=1S/C15H22N4O/c1-4-16-12(3)13-7-6-8-14(9-13)20-10-15-17-11-18-19(15)5-2/h6-9,11-12,16H,4-5,10H2,1-3H3. The third kappa shape index (κ3) is 3.57. The molecule has 5 nitrogen and oxygen atoms in total. The molecule has 0 spiro atoms. The number of ether oxygens (including phenoxy) is 1. The van der Waals surface area contributed by atoms with Gasteiger partial charge in [-0.3, -0.25) is 0 Å². The van der Waals surface area contributed by atoms with Crippen molar-refractivity contribution < 1.29 is 4.74 Å². The van der Waals surface area contributed by atoms with Gasteiger partial charge in [-0.1, -0.05) is 19.1 Å². The zero-order valence-corrected chi connectivity index (χ0v) is 12.3. The molecular formula is C15H22N4O. The largest absolute Gasteiger partial charge is 0.486 e. The molecule has 5 heteroatoms. The number of hydrogen-bond acceptors (Lipinski definition) is 4. The monoisotopic (exact) mass is 274 g/mol. The lowest BCUT2D eigenvalue weighted by atomic mass is 10.1. The normalized spacial score (nSPS) is 12.3. The van der Waals surface area contributed by atoms with Gasteiger partial charge in [0.25, 0.3) is 0 Å². The Kier molecular flexibility index (Phi) is 5.12. The van der Waals surface area contributed by atoms with Gasteiger partial charge >= 0.3 is 0 Å². The van der Waals surface area contributed by atoms with E-state index in [2.05, 4.69) is 41.4 Å². The first kappa shape index (κ1) is 14.5. The van der Waals surface area contributed by atoms with Crippen LogP contribution in [-0.4, -0.2) is 21.3 Å². The number of hydrogen-bond donors (Lipinski definition) is 1. The van der Waals surface area contributed by atoms with E-state index in [4.69, 9.17) is 4.74 Å². The summed E-state index contributed by atoms with van der Waals surface area (Å²) in [7, 11) is 0. The SMILES string of the molecule is CCNC(C)c1cccc(OCc2ncnn2CC)c1. The van der Waals surface area contributed by atoms with Crippen molar-refractivity contribution in [3.8, 4) is 5.75 Å². The number of nitrogens with one attached hydrogen (secondary N) is 1. The van der Waals surface area contributed by atoms with Crippen molar-refractivity contribution in [3.05, 3.63) is 42.0 Å². The molecule has 2 rings (SSSR count). The van der Waals surface area contributed by atoms with Crippen molar-refractivity contribution >= 4 is 0 Å². The lowest BCUT2D eigenvalue weighted by Crippen LogP contribution is -2.17. The van der Waals surface area contributed by atoms with E-state index in [0.29, 0.717) is 12.6 Å². The maximum atomic E-state index is 5.81. The smallest absolute Gasteiger partial charge is 0.164 e. The molecule has 0 aliphatic heterocycles. The van der Waals surface area contributed by atoms with Gasteiger partial charge in [0.2, 0.25) is 0 Å². The van der Waals surface area contributed by atoms with Crippen LogP contribution in [-0.2, 0) is 13.2 Å². The molecule has 108 valence electrons. The molecule has 0 radical (unpaired) electrons. The van der Waals surface area contributed by atoms with Crippen LogP contribution in [0.2, 0.25) is 0 Å². The zero-order chi connectivity index (χ0) is 14.4. The molecule has 20 heavy (non-hydrogen) atoms. The minimum atomic E-state index is 0.322. The summed E-state index contributed by atoms with van der Waals surface area (Å²) in [6, 6.07) is 8.48. The molecule has 0 amide bonds. The van der Waals surface area contributed by atoms with Crippen LogP contribution >= 0.6 is 0 Å². The predicted molar refractivity (Wildman–Crippen MR) is 78.6 cm³/mol. The highest BCUT2D eigenvalue weighted by Gasteiger charge is 2.07. The van der Waals surface area contributed by atoms with Gasteiger partial charge in [0.05, 0.1) is 0 Å². The average Bonchev–Trinajstić information content (AvgIpc) is 2.93. The maximum Gasteiger partial charge on any atom is 0.164 e. The van der Waals surface area contributed by atoms with Crippen molar-refractivity contribution in [3.63, 3.8) is 0 Å². The fourth-order valence-corrected chi connectivity index (χ4v) is 2.11. The Balaban J connectivity index is 2.01. The van der Waals surface area contributed by atoms with Gasteiger partial charge in [-0.25, -0.2) is 9.67 Å². The molecule has 1 aromatic heterocycles. The number of aryl methyl sites for hydroxylation is 1. The van der Waals surface area contributed by atoms with Crippen molar-refractivity contribution in [1.82, 2.24) is 20.1 Å². The minimum absolute atomic E-state index is 0.322. The third-order valence-electron chi connectivity index (χ3n) is 3.23. The molecule has 1 unspecified atom stereocenters. The Labute approximate surface area is 120 Å². The first-order valence-electron chi connectivity index (χ1n) is 7.07. The van der Waals surface area contributed by atoms with E-state index in [9.17, 15) is 0 Å². The molecule has 2 aromatic rings. The number of nitrogens with zero attached hydrogens (tertiary/aromatic N) is 3. The summed E-state index contributed by atoms with van der Waals surface area (Å²) < 4.78 is 7.65. The second-order valence-corrected chi connectivity index (χ2v) is 4.63. The first-order chi connectivity index (χ1) is 9.74. The average molecular weight is 274 g/mol. The highest BCUT2D eigenvalue weighted by molar-refractivity contribution is 5.30. The van der Waals surface area contributed by atoms with E-state index in [1.807, 2.05) is 23.7 Å². The molecule has 1 N–H and O–H groups in total. The molecule has 1 atom stereocenters. The van der Waals surface area contributed by atoms with E-state index in [-0.39, 0.29) is 0 Å². The summed E-state index contributed by atoms with van der Waals surface area (Å²) in [5.41, 5.74) is 1.22. The Bertz CT molecular complexity index is 538. The van der Waals surface area contributed by atoms with Gasteiger partial charge < -0.3 is 10.1 Å². The Hall–Kier alpha value is -1.88. The molecule has 1 aromatic carbocycles. The second kappa shape index (κ2) is 7.05. The van der Waals surface area contributed by atoms with E-state index >= 15 is 0 Å². The first-order valence-corrected chi connectivity index (χ1v) is 7.07. The van der Waals surface area contributed by atoms with Crippen LogP contribution in [0.5, 0.6) is 5.75 Å². The van der Waals surface area contributed by atoms with Crippen molar-refractivity contribution in [2.45, 2.75) is 40.0 Å². The minimum Gasteiger partial charge on any atom is -0.486 e. The number of rotatable bonds is 7. The van der Waals surface area contributed by atoms with Gasteiger partial charge in [-0.15, -0.1) is 0 Å². The van der Waals surface area contributed by atoms with Crippen LogP contribution in [0, 0.1) is 0 Å². The van der Waals surface area contributed by atoms with E-state index in [0.717, 1.165) is 24.7 Å². The summed E-state index contributed by atoms with van der Waals surface area (Å²) in [5.74, 6) is 1.70. The maximum absolute atomic E-state index is 5.81. The van der Waals surface area contributed by atoms with Crippen molar-refractivity contribution in [2.75, 3.05) is 6.54 Å². The molecule has 1 heterocycles. The molecule has 0 aliphatic rings. The highest BCUT2D eigenvalue weighted by Crippen LogP contribution is 2.19. The Morgan fingerprint density at radius 2 is 2.20 bits per heavy atom. The molecule has 0 saturated heterocycles. The summed E-state index contributed by atoms with van der Waals surface area (Å²) in [6.07, 6.45) is 1.56. The molecule has 0 bridgehead atoms. The highest BCUT2D eigenvalue weighted by atomic mass is 16.5. The summed E-state index contributed by atoms with van der Waals surface area (Å²) in [4.78, 5) is 4.20. The Morgan fingerprint density at radius 3 is 2.95 bits per heavy atom. The third-order valence-corrected chi connectivity index (χ3v) is 3.23. The predicted octanol–water partition coefficient (Wildman–Crippen LogP) is 2.55. The number of benzene rings is 1. The Morgan fingerprint density at radius 1 is 1.35 bits per heavy atom. The van der Waals surface area contributed by atoms with Gasteiger partial charge in [0, 0.05) is 12.6 Å². The van der Waals surface area contributed by atoms with Gasteiger partial charge in [0.1, 0.15) is 18.7 Å². The van der Waals surface area contributed by atoms with Crippen molar-refractivity contribution in [1.29, 1.82) is 0 Å². The summed E-state index contributed by atoms with van der Waals surface area (Å²) in [6.45, 7) is 8.48. The van der Waals surface area contributed by atoms with Gasteiger partial charge in [-0.05, 0) is 38.1 Å². The fourth-order valence-electron chi connectivity index (χ4n) is 2.11. The van der Waals surface area contributed by atoms with Crippen LogP contribution in [0.3, 0.4) is 0 Å². The summed E-state index contributed by atoms with van der Waals surface area (Å²) in [5, 5.41) is 7.53. The van der Waals surface area contributed by atoms with Gasteiger partial charge in [-0.2, -0.15) is 5.10 Å². The van der Waals surface area contributed by atoms with Crippen LogP contribution in [0.25, 0.3) is 0 Å².